The van der Waals surface area contributed by atoms with Gasteiger partial charge in [0.05, 0.1) is 32.4 Å². The molecule has 1 aromatic heterocycles. The van der Waals surface area contributed by atoms with Gasteiger partial charge in [0.2, 0.25) is 23.5 Å². The third kappa shape index (κ3) is 10.2. The SMILES string of the molecule is CCC[C@H](NC(=O)[C@@H]1C[C@@H](OC(=O)N2CCc3ccccc3C2)CN1C(=O)[C@@H](NC(=O)[C@@H](CC(=O)c1cnccn1)C(C)C)C(C)C)C(=O)C(=O)N1CC1C(=O)OC. The minimum atomic E-state index is -1.27. The zero-order valence-electron chi connectivity index (χ0n) is 33.8. The lowest BCUT2D eigenvalue weighted by Crippen LogP contribution is -2.57. The van der Waals surface area contributed by atoms with Crippen LogP contribution in [0.5, 0.6) is 0 Å². The van der Waals surface area contributed by atoms with Gasteiger partial charge >= 0.3 is 12.1 Å². The number of ether oxygens (including phenoxy) is 2. The highest BCUT2D eigenvalue weighted by molar-refractivity contribution is 6.39. The lowest BCUT2D eigenvalue weighted by molar-refractivity contribution is -0.147. The van der Waals surface area contributed by atoms with Gasteiger partial charge in [-0.2, -0.15) is 0 Å². The van der Waals surface area contributed by atoms with E-state index in [0.29, 0.717) is 25.9 Å². The highest BCUT2D eigenvalue weighted by Crippen LogP contribution is 2.27. The molecule has 58 heavy (non-hydrogen) atoms. The standard InChI is InChI=1S/C41H53N7O10/c1-7-10-29(35(50)39(54)48-22-32(48)40(55)57-6)44-37(52)31-17-27(58-41(56)46-16-13-25-11-8-9-12-26(25)20-46)21-47(31)38(53)34(24(4)5)45-36(51)28(23(2)3)18-33(49)30-19-42-14-15-43-30/h8-9,11-12,14-15,19,23-24,27-29,31-32,34H,7,10,13,16-18,20-22H2,1-6H3,(H,44,52)(H,45,51)/t27-,28+,29+,31+,32?,34+,48?/m1/s1. The van der Waals surface area contributed by atoms with Crippen molar-refractivity contribution in [1.29, 1.82) is 0 Å². The third-order valence-corrected chi connectivity index (χ3v) is 10.9. The molecule has 6 atom stereocenters. The summed E-state index contributed by atoms with van der Waals surface area (Å²) in [7, 11) is 1.18. The number of amides is 5. The number of carbonyl (C=O) groups is 8. The molecule has 2 fully saturated rings. The molecule has 2 saturated heterocycles. The molecule has 1 unspecified atom stereocenters. The van der Waals surface area contributed by atoms with Crippen molar-refractivity contribution in [3.8, 4) is 0 Å². The fourth-order valence-corrected chi connectivity index (χ4v) is 7.39. The highest BCUT2D eigenvalue weighted by atomic mass is 16.6. The smallest absolute Gasteiger partial charge is 0.410 e. The fourth-order valence-electron chi connectivity index (χ4n) is 7.39. The molecule has 17 heteroatoms. The summed E-state index contributed by atoms with van der Waals surface area (Å²) < 4.78 is 10.6. The predicted molar refractivity (Wildman–Crippen MR) is 206 cm³/mol. The summed E-state index contributed by atoms with van der Waals surface area (Å²) in [6.07, 6.45) is 3.43. The number of nitrogens with one attached hydrogen (secondary N) is 2. The second kappa shape index (κ2) is 19.1. The Kier molecular flexibility index (Phi) is 14.3. The van der Waals surface area contributed by atoms with E-state index in [-0.39, 0.29) is 49.7 Å². The van der Waals surface area contributed by atoms with Crippen molar-refractivity contribution in [2.24, 2.45) is 17.8 Å². The van der Waals surface area contributed by atoms with E-state index < -0.39 is 83.6 Å². The zero-order chi connectivity index (χ0) is 42.3. The Morgan fingerprint density at radius 3 is 2.26 bits per heavy atom. The molecule has 3 aliphatic heterocycles. The van der Waals surface area contributed by atoms with E-state index in [2.05, 4.69) is 25.3 Å². The summed E-state index contributed by atoms with van der Waals surface area (Å²) in [5.74, 6) is -6.45. The number of hydrogen-bond donors (Lipinski definition) is 2. The molecule has 0 bridgehead atoms. The first-order valence-electron chi connectivity index (χ1n) is 19.8. The van der Waals surface area contributed by atoms with Crippen molar-refractivity contribution >= 4 is 47.3 Å². The summed E-state index contributed by atoms with van der Waals surface area (Å²) in [6, 6.07) is 3.22. The molecule has 5 rings (SSSR count). The average molecular weight is 804 g/mol. The number of nitrogens with zero attached hydrogens (tertiary/aromatic N) is 5. The van der Waals surface area contributed by atoms with Crippen molar-refractivity contribution in [3.63, 3.8) is 0 Å². The molecular formula is C41H53N7O10. The van der Waals surface area contributed by atoms with Crippen LogP contribution in [0, 0.1) is 17.8 Å². The van der Waals surface area contributed by atoms with Gasteiger partial charge in [0.15, 0.2) is 5.78 Å². The molecule has 2 aromatic rings. The third-order valence-electron chi connectivity index (χ3n) is 10.9. The maximum Gasteiger partial charge on any atom is 0.410 e. The first-order chi connectivity index (χ1) is 27.6. The van der Waals surface area contributed by atoms with E-state index in [0.717, 1.165) is 16.0 Å². The summed E-state index contributed by atoms with van der Waals surface area (Å²) >= 11 is 0. The number of fused-ring (bicyclic) bond motifs is 1. The quantitative estimate of drug-likeness (QED) is 0.108. The van der Waals surface area contributed by atoms with Crippen molar-refractivity contribution in [2.45, 2.75) is 104 Å². The Morgan fingerprint density at radius 1 is 0.897 bits per heavy atom. The average Bonchev–Trinajstić information content (AvgIpc) is 3.91. The number of carbonyl (C=O) groups excluding carboxylic acids is 8. The van der Waals surface area contributed by atoms with Crippen LogP contribution in [0.1, 0.15) is 81.9 Å². The molecule has 2 N–H and O–H groups in total. The molecule has 0 radical (unpaired) electrons. The number of benzene rings is 1. The van der Waals surface area contributed by atoms with E-state index in [1.165, 1.54) is 30.6 Å². The van der Waals surface area contributed by atoms with Gasteiger partial charge in [0.25, 0.3) is 5.91 Å². The van der Waals surface area contributed by atoms with Crippen molar-refractivity contribution in [3.05, 3.63) is 59.7 Å². The Morgan fingerprint density at radius 2 is 1.62 bits per heavy atom. The Balaban J connectivity index is 1.35. The number of hydrogen-bond acceptors (Lipinski definition) is 12. The maximum atomic E-state index is 14.5. The van der Waals surface area contributed by atoms with Crippen LogP contribution in [0.15, 0.2) is 42.9 Å². The molecule has 3 aliphatic rings. The predicted octanol–water partition coefficient (Wildman–Crippen LogP) is 1.86. The van der Waals surface area contributed by atoms with Crippen LogP contribution in [0.2, 0.25) is 0 Å². The van der Waals surface area contributed by atoms with E-state index in [1.54, 1.807) is 39.5 Å². The Hall–Kier alpha value is -5.74. The molecule has 0 spiro atoms. The summed E-state index contributed by atoms with van der Waals surface area (Å²) in [5.41, 5.74) is 2.23. The molecule has 17 nitrogen and oxygen atoms in total. The number of Topliss-reactive ketones (excluding diaryl/α,β-unsaturated/α-hetero) is 2. The Bertz CT molecular complexity index is 1890. The zero-order valence-corrected chi connectivity index (χ0v) is 33.8. The minimum Gasteiger partial charge on any atom is -0.467 e. The molecular weight excluding hydrogens is 750 g/mol. The van der Waals surface area contributed by atoms with Gasteiger partial charge in [-0.25, -0.2) is 14.6 Å². The second-order valence-corrected chi connectivity index (χ2v) is 15.7. The lowest BCUT2D eigenvalue weighted by atomic mass is 9.88. The summed E-state index contributed by atoms with van der Waals surface area (Å²) in [5, 5.41) is 5.49. The number of rotatable bonds is 16. The first kappa shape index (κ1) is 43.4. The number of methoxy groups -OCH3 is 1. The van der Waals surface area contributed by atoms with E-state index in [4.69, 9.17) is 4.74 Å². The van der Waals surface area contributed by atoms with Crippen LogP contribution in [-0.4, -0.2) is 129 Å². The van der Waals surface area contributed by atoms with Gasteiger partial charge in [0, 0.05) is 44.2 Å². The molecule has 4 heterocycles. The highest BCUT2D eigenvalue weighted by Gasteiger charge is 2.50. The molecule has 0 saturated carbocycles. The van der Waals surface area contributed by atoms with E-state index in [9.17, 15) is 38.4 Å². The van der Waals surface area contributed by atoms with E-state index in [1.807, 2.05) is 24.3 Å². The number of ketones is 2. The Labute approximate surface area is 337 Å². The van der Waals surface area contributed by atoms with Crippen LogP contribution in [0.3, 0.4) is 0 Å². The van der Waals surface area contributed by atoms with Gasteiger partial charge in [-0.3, -0.25) is 33.8 Å². The normalized spacial score (nSPS) is 20.1. The van der Waals surface area contributed by atoms with Gasteiger partial charge in [-0.05, 0) is 35.8 Å². The number of likely N-dealkylation sites (tertiary alicyclic amines) is 1. The number of aromatic nitrogens is 2. The maximum absolute atomic E-state index is 14.5. The van der Waals surface area contributed by atoms with Crippen LogP contribution in [0.25, 0.3) is 0 Å². The summed E-state index contributed by atoms with van der Waals surface area (Å²) in [4.78, 5) is 119. The van der Waals surface area contributed by atoms with Crippen LogP contribution in [-0.2, 0) is 51.2 Å². The van der Waals surface area contributed by atoms with Gasteiger partial charge < -0.3 is 34.8 Å². The monoisotopic (exact) mass is 803 g/mol. The molecule has 1 aromatic carbocycles. The summed E-state index contributed by atoms with van der Waals surface area (Å²) in [6.45, 7) is 9.36. The van der Waals surface area contributed by atoms with Crippen LogP contribution < -0.4 is 10.6 Å². The number of esters is 1. The van der Waals surface area contributed by atoms with Gasteiger partial charge in [-0.15, -0.1) is 0 Å². The first-order valence-corrected chi connectivity index (χ1v) is 19.8. The van der Waals surface area contributed by atoms with E-state index >= 15 is 0 Å². The van der Waals surface area contributed by atoms with Crippen molar-refractivity contribution < 1.29 is 47.8 Å². The van der Waals surface area contributed by atoms with Crippen molar-refractivity contribution in [2.75, 3.05) is 26.7 Å². The molecule has 312 valence electrons. The van der Waals surface area contributed by atoms with Crippen molar-refractivity contribution in [1.82, 2.24) is 35.3 Å². The minimum absolute atomic E-state index is 0.0130. The second-order valence-electron chi connectivity index (χ2n) is 15.7. The fraction of sp³-hybridized carbons (Fsp3) is 0.561. The van der Waals surface area contributed by atoms with Gasteiger partial charge in [-0.1, -0.05) is 65.3 Å². The van der Waals surface area contributed by atoms with Gasteiger partial charge in [0.1, 0.15) is 29.9 Å². The lowest BCUT2D eigenvalue weighted by Gasteiger charge is -2.32. The van der Waals surface area contributed by atoms with Crippen LogP contribution in [0.4, 0.5) is 4.79 Å². The topological polar surface area (TPSA) is 214 Å². The molecule has 5 amide bonds. The van der Waals surface area contributed by atoms with Crippen LogP contribution >= 0.6 is 0 Å². The largest absolute Gasteiger partial charge is 0.467 e. The molecule has 0 aliphatic carbocycles.